The van der Waals surface area contributed by atoms with Gasteiger partial charge in [0, 0.05) is 6.54 Å². The summed E-state index contributed by atoms with van der Waals surface area (Å²) in [5.74, 6) is -1.35. The second kappa shape index (κ2) is 5.14. The molecule has 3 unspecified atom stereocenters. The molecular formula is C11H19NO3. The molecule has 1 aliphatic carbocycles. The summed E-state index contributed by atoms with van der Waals surface area (Å²) in [4.78, 5) is 22.6. The number of nitrogens with one attached hydrogen (secondary N) is 1. The fraction of sp³-hybridized carbons (Fsp3) is 0.818. The van der Waals surface area contributed by atoms with Crippen molar-refractivity contribution in [3.8, 4) is 0 Å². The second-order valence-electron chi connectivity index (χ2n) is 4.19. The van der Waals surface area contributed by atoms with Crippen LogP contribution in [0.2, 0.25) is 0 Å². The van der Waals surface area contributed by atoms with E-state index in [1.54, 1.807) is 0 Å². The van der Waals surface area contributed by atoms with Crippen molar-refractivity contribution < 1.29 is 14.7 Å². The zero-order chi connectivity index (χ0) is 11.4. The minimum Gasteiger partial charge on any atom is -0.481 e. The van der Waals surface area contributed by atoms with Crippen LogP contribution in [0.5, 0.6) is 0 Å². The Balaban J connectivity index is 2.68. The molecule has 0 heterocycles. The summed E-state index contributed by atoms with van der Waals surface area (Å²) in [6, 6.07) is 0. The van der Waals surface area contributed by atoms with Crippen molar-refractivity contribution >= 4 is 11.9 Å². The van der Waals surface area contributed by atoms with Gasteiger partial charge in [0.15, 0.2) is 0 Å². The summed E-state index contributed by atoms with van der Waals surface area (Å²) in [7, 11) is 0. The van der Waals surface area contributed by atoms with Gasteiger partial charge in [-0.15, -0.1) is 0 Å². The predicted molar refractivity (Wildman–Crippen MR) is 56.3 cm³/mol. The second-order valence-corrected chi connectivity index (χ2v) is 4.19. The number of aliphatic carboxylic acids is 1. The number of carboxylic acids is 1. The molecule has 2 N–H and O–H groups in total. The van der Waals surface area contributed by atoms with E-state index >= 15 is 0 Å². The number of carboxylic acid groups (broad SMARTS) is 1. The zero-order valence-electron chi connectivity index (χ0n) is 9.32. The number of hydrogen-bond donors (Lipinski definition) is 2. The molecule has 86 valence electrons. The molecule has 1 rings (SSSR count). The van der Waals surface area contributed by atoms with Crippen LogP contribution in [0, 0.1) is 17.8 Å². The quantitative estimate of drug-likeness (QED) is 0.738. The van der Waals surface area contributed by atoms with Crippen molar-refractivity contribution in [2.24, 2.45) is 17.8 Å². The smallest absolute Gasteiger partial charge is 0.307 e. The number of amides is 1. The van der Waals surface area contributed by atoms with Crippen LogP contribution in [-0.2, 0) is 9.59 Å². The summed E-state index contributed by atoms with van der Waals surface area (Å²) in [6.07, 6.45) is 2.33. The molecule has 3 atom stereocenters. The molecule has 4 nitrogen and oxygen atoms in total. The molecule has 0 aromatic heterocycles. The molecule has 0 spiro atoms. The standard InChI is InChI=1S/C11H19NO3/c1-3-7-5-8(10(13)12-4-2)9(6-7)11(14)15/h7-9H,3-6H2,1-2H3,(H,12,13)(H,14,15). The Morgan fingerprint density at radius 2 is 1.87 bits per heavy atom. The third-order valence-electron chi connectivity index (χ3n) is 3.24. The van der Waals surface area contributed by atoms with Crippen LogP contribution in [-0.4, -0.2) is 23.5 Å². The lowest BCUT2D eigenvalue weighted by atomic mass is 9.95. The van der Waals surface area contributed by atoms with Gasteiger partial charge in [0.1, 0.15) is 0 Å². The number of hydrogen-bond acceptors (Lipinski definition) is 2. The molecule has 0 aromatic carbocycles. The van der Waals surface area contributed by atoms with E-state index in [1.807, 2.05) is 13.8 Å². The number of carbonyl (C=O) groups is 2. The van der Waals surface area contributed by atoms with Crippen molar-refractivity contribution in [1.82, 2.24) is 5.32 Å². The van der Waals surface area contributed by atoms with Crippen LogP contribution < -0.4 is 5.32 Å². The van der Waals surface area contributed by atoms with Gasteiger partial charge in [-0.2, -0.15) is 0 Å². The van der Waals surface area contributed by atoms with Gasteiger partial charge in [-0.3, -0.25) is 9.59 Å². The van der Waals surface area contributed by atoms with Gasteiger partial charge in [-0.25, -0.2) is 0 Å². The van der Waals surface area contributed by atoms with E-state index in [9.17, 15) is 9.59 Å². The first-order valence-corrected chi connectivity index (χ1v) is 5.60. The summed E-state index contributed by atoms with van der Waals surface area (Å²) < 4.78 is 0. The molecule has 4 heteroatoms. The van der Waals surface area contributed by atoms with E-state index in [4.69, 9.17) is 5.11 Å². The Labute approximate surface area is 90.0 Å². The Bertz CT molecular complexity index is 252. The highest BCUT2D eigenvalue weighted by Crippen LogP contribution is 2.38. The first kappa shape index (κ1) is 12.0. The van der Waals surface area contributed by atoms with Crippen LogP contribution in [0.15, 0.2) is 0 Å². The molecule has 0 bridgehead atoms. The van der Waals surface area contributed by atoms with Gasteiger partial charge in [0.25, 0.3) is 0 Å². The van der Waals surface area contributed by atoms with Crippen LogP contribution in [0.25, 0.3) is 0 Å². The van der Waals surface area contributed by atoms with Gasteiger partial charge in [-0.1, -0.05) is 13.3 Å². The van der Waals surface area contributed by atoms with Gasteiger partial charge in [0.2, 0.25) is 5.91 Å². The maximum Gasteiger partial charge on any atom is 0.307 e. The lowest BCUT2D eigenvalue weighted by Crippen LogP contribution is -2.35. The van der Waals surface area contributed by atoms with Crippen molar-refractivity contribution in [2.75, 3.05) is 6.54 Å². The molecule has 0 radical (unpaired) electrons. The maximum absolute atomic E-state index is 11.6. The molecular weight excluding hydrogens is 194 g/mol. The van der Waals surface area contributed by atoms with Crippen LogP contribution in [0.1, 0.15) is 33.1 Å². The molecule has 0 saturated heterocycles. The predicted octanol–water partition coefficient (Wildman–Crippen LogP) is 1.26. The molecule has 1 saturated carbocycles. The normalized spacial score (nSPS) is 30.1. The van der Waals surface area contributed by atoms with Gasteiger partial charge >= 0.3 is 5.97 Å². The first-order valence-electron chi connectivity index (χ1n) is 5.60. The van der Waals surface area contributed by atoms with Crippen molar-refractivity contribution in [3.63, 3.8) is 0 Å². The lowest BCUT2D eigenvalue weighted by molar-refractivity contribution is -0.146. The van der Waals surface area contributed by atoms with Crippen LogP contribution in [0.3, 0.4) is 0 Å². The largest absolute Gasteiger partial charge is 0.481 e. The fourth-order valence-electron chi connectivity index (χ4n) is 2.34. The SMILES string of the molecule is CCNC(=O)C1CC(CC)CC1C(=O)O. The van der Waals surface area contributed by atoms with Gasteiger partial charge in [-0.05, 0) is 25.7 Å². The summed E-state index contributed by atoms with van der Waals surface area (Å²) in [6.45, 7) is 4.46. The topological polar surface area (TPSA) is 66.4 Å². The average molecular weight is 213 g/mol. The third kappa shape index (κ3) is 2.70. The highest BCUT2D eigenvalue weighted by atomic mass is 16.4. The lowest BCUT2D eigenvalue weighted by Gasteiger charge is -2.14. The van der Waals surface area contributed by atoms with Gasteiger partial charge in [0.05, 0.1) is 11.8 Å². The molecule has 0 aliphatic heterocycles. The van der Waals surface area contributed by atoms with E-state index in [2.05, 4.69) is 5.32 Å². The Hall–Kier alpha value is -1.06. The van der Waals surface area contributed by atoms with Crippen LogP contribution in [0.4, 0.5) is 0 Å². The summed E-state index contributed by atoms with van der Waals surface area (Å²) in [5, 5.41) is 11.7. The molecule has 1 aliphatic rings. The van der Waals surface area contributed by atoms with Crippen LogP contribution >= 0.6 is 0 Å². The zero-order valence-corrected chi connectivity index (χ0v) is 9.32. The Morgan fingerprint density at radius 3 is 2.33 bits per heavy atom. The fourth-order valence-corrected chi connectivity index (χ4v) is 2.34. The number of rotatable bonds is 4. The summed E-state index contributed by atoms with van der Waals surface area (Å²) >= 11 is 0. The molecule has 1 amide bonds. The monoisotopic (exact) mass is 213 g/mol. The average Bonchev–Trinajstić information content (AvgIpc) is 2.61. The minimum absolute atomic E-state index is 0.0964. The molecule has 15 heavy (non-hydrogen) atoms. The van der Waals surface area contributed by atoms with Gasteiger partial charge < -0.3 is 10.4 Å². The third-order valence-corrected chi connectivity index (χ3v) is 3.24. The van der Waals surface area contributed by atoms with E-state index in [-0.39, 0.29) is 11.8 Å². The highest BCUT2D eigenvalue weighted by Gasteiger charge is 2.41. The molecule has 0 aromatic rings. The molecule has 1 fully saturated rings. The van der Waals surface area contributed by atoms with Crippen molar-refractivity contribution in [3.05, 3.63) is 0 Å². The van der Waals surface area contributed by atoms with E-state index in [1.165, 1.54) is 0 Å². The maximum atomic E-state index is 11.6. The first-order chi connectivity index (χ1) is 7.10. The van der Waals surface area contributed by atoms with Crippen molar-refractivity contribution in [2.45, 2.75) is 33.1 Å². The summed E-state index contributed by atoms with van der Waals surface area (Å²) in [5.41, 5.74) is 0. The van der Waals surface area contributed by atoms with E-state index in [0.29, 0.717) is 18.9 Å². The van der Waals surface area contributed by atoms with E-state index < -0.39 is 11.9 Å². The van der Waals surface area contributed by atoms with E-state index in [0.717, 1.165) is 12.8 Å². The minimum atomic E-state index is -0.831. The Morgan fingerprint density at radius 1 is 1.27 bits per heavy atom. The number of carbonyl (C=O) groups excluding carboxylic acids is 1. The highest BCUT2D eigenvalue weighted by molar-refractivity contribution is 5.85. The Kier molecular flexibility index (Phi) is 4.12. The van der Waals surface area contributed by atoms with Crippen molar-refractivity contribution in [1.29, 1.82) is 0 Å².